The Labute approximate surface area is 108 Å². The van der Waals surface area contributed by atoms with E-state index in [0.717, 1.165) is 30.6 Å². The van der Waals surface area contributed by atoms with Crippen molar-refractivity contribution in [1.29, 1.82) is 0 Å². The van der Waals surface area contributed by atoms with Crippen molar-refractivity contribution in [3.8, 4) is 0 Å². The summed E-state index contributed by atoms with van der Waals surface area (Å²) in [4.78, 5) is 10.9. The SMILES string of the molecule is CC1CC(C)C(C)N(Cc2cnc(Cl)cn2)C1. The van der Waals surface area contributed by atoms with Gasteiger partial charge in [-0.25, -0.2) is 4.98 Å². The molecule has 3 atom stereocenters. The lowest BCUT2D eigenvalue weighted by atomic mass is 9.86. The van der Waals surface area contributed by atoms with E-state index in [1.807, 2.05) is 0 Å². The van der Waals surface area contributed by atoms with Crippen molar-refractivity contribution in [2.75, 3.05) is 6.54 Å². The van der Waals surface area contributed by atoms with E-state index in [9.17, 15) is 0 Å². The number of likely N-dealkylation sites (tertiary alicyclic amines) is 1. The Bertz CT molecular complexity index is 365. The summed E-state index contributed by atoms with van der Waals surface area (Å²) in [6.45, 7) is 8.99. The fourth-order valence-corrected chi connectivity index (χ4v) is 2.77. The molecular formula is C13H20ClN3. The number of aromatic nitrogens is 2. The standard InChI is InChI=1S/C13H20ClN3/c1-9-4-10(2)11(3)17(7-9)8-12-5-16-13(14)6-15-12/h5-6,9-11H,4,7-8H2,1-3H3. The van der Waals surface area contributed by atoms with Gasteiger partial charge in [-0.2, -0.15) is 0 Å². The van der Waals surface area contributed by atoms with Gasteiger partial charge in [-0.3, -0.25) is 9.88 Å². The Balaban J connectivity index is 2.04. The third kappa shape index (κ3) is 3.17. The van der Waals surface area contributed by atoms with Crippen LogP contribution in [0.3, 0.4) is 0 Å². The first-order valence-corrected chi connectivity index (χ1v) is 6.64. The van der Waals surface area contributed by atoms with Crippen molar-refractivity contribution >= 4 is 11.6 Å². The van der Waals surface area contributed by atoms with Gasteiger partial charge < -0.3 is 0 Å². The molecule has 2 rings (SSSR count). The van der Waals surface area contributed by atoms with Crippen molar-refractivity contribution in [2.24, 2.45) is 11.8 Å². The molecule has 1 aliphatic heterocycles. The Morgan fingerprint density at radius 1 is 1.29 bits per heavy atom. The summed E-state index contributed by atoms with van der Waals surface area (Å²) in [5.74, 6) is 1.51. The topological polar surface area (TPSA) is 29.0 Å². The molecule has 0 aromatic carbocycles. The highest BCUT2D eigenvalue weighted by Gasteiger charge is 2.28. The molecule has 1 saturated heterocycles. The molecule has 0 spiro atoms. The van der Waals surface area contributed by atoms with Gasteiger partial charge in [0.15, 0.2) is 0 Å². The van der Waals surface area contributed by atoms with Gasteiger partial charge in [0, 0.05) is 19.1 Å². The Kier molecular flexibility index (Phi) is 4.00. The lowest BCUT2D eigenvalue weighted by molar-refractivity contribution is 0.0717. The molecule has 3 unspecified atom stereocenters. The predicted molar refractivity (Wildman–Crippen MR) is 69.9 cm³/mol. The zero-order chi connectivity index (χ0) is 12.4. The zero-order valence-electron chi connectivity index (χ0n) is 10.7. The van der Waals surface area contributed by atoms with E-state index in [0.29, 0.717) is 11.2 Å². The number of rotatable bonds is 2. The molecule has 0 amide bonds. The first-order chi connectivity index (χ1) is 8.06. The quantitative estimate of drug-likeness (QED) is 0.811. The maximum atomic E-state index is 5.74. The average molecular weight is 254 g/mol. The Morgan fingerprint density at radius 2 is 2.06 bits per heavy atom. The molecular weight excluding hydrogens is 234 g/mol. The van der Waals surface area contributed by atoms with E-state index in [2.05, 4.69) is 35.6 Å². The molecule has 1 aliphatic rings. The largest absolute Gasteiger partial charge is 0.294 e. The van der Waals surface area contributed by atoms with Gasteiger partial charge in [-0.05, 0) is 25.2 Å². The highest BCUT2D eigenvalue weighted by Crippen LogP contribution is 2.27. The van der Waals surface area contributed by atoms with Gasteiger partial charge in [0.25, 0.3) is 0 Å². The molecule has 0 aliphatic carbocycles. The average Bonchev–Trinajstić information content (AvgIpc) is 2.28. The number of halogens is 1. The van der Waals surface area contributed by atoms with Crippen LogP contribution in [0, 0.1) is 11.8 Å². The van der Waals surface area contributed by atoms with E-state index in [4.69, 9.17) is 11.6 Å². The lowest BCUT2D eigenvalue weighted by Gasteiger charge is -2.40. The summed E-state index contributed by atoms with van der Waals surface area (Å²) in [5.41, 5.74) is 1.00. The Morgan fingerprint density at radius 3 is 2.71 bits per heavy atom. The van der Waals surface area contributed by atoms with Gasteiger partial charge in [0.2, 0.25) is 0 Å². The molecule has 0 N–H and O–H groups in total. The van der Waals surface area contributed by atoms with Crippen LogP contribution in [0.2, 0.25) is 5.15 Å². The fraction of sp³-hybridized carbons (Fsp3) is 0.692. The summed E-state index contributed by atoms with van der Waals surface area (Å²) >= 11 is 5.74. The van der Waals surface area contributed by atoms with Crippen molar-refractivity contribution in [1.82, 2.24) is 14.9 Å². The monoisotopic (exact) mass is 253 g/mol. The van der Waals surface area contributed by atoms with Gasteiger partial charge in [0.05, 0.1) is 18.1 Å². The molecule has 1 aromatic rings. The van der Waals surface area contributed by atoms with Crippen molar-refractivity contribution in [3.05, 3.63) is 23.2 Å². The third-order valence-corrected chi connectivity index (χ3v) is 3.95. The molecule has 0 saturated carbocycles. The van der Waals surface area contributed by atoms with Crippen LogP contribution in [0.4, 0.5) is 0 Å². The normalized spacial score (nSPS) is 30.5. The lowest BCUT2D eigenvalue weighted by Crippen LogP contribution is -2.45. The molecule has 3 nitrogen and oxygen atoms in total. The van der Waals surface area contributed by atoms with Crippen LogP contribution in [-0.2, 0) is 6.54 Å². The predicted octanol–water partition coefficient (Wildman–Crippen LogP) is 3.00. The van der Waals surface area contributed by atoms with Crippen LogP contribution < -0.4 is 0 Å². The van der Waals surface area contributed by atoms with Gasteiger partial charge >= 0.3 is 0 Å². The maximum Gasteiger partial charge on any atom is 0.147 e. The highest BCUT2D eigenvalue weighted by molar-refractivity contribution is 6.29. The van der Waals surface area contributed by atoms with Gasteiger partial charge in [-0.1, -0.05) is 25.4 Å². The first-order valence-electron chi connectivity index (χ1n) is 6.26. The summed E-state index contributed by atoms with van der Waals surface area (Å²) in [6.07, 6.45) is 4.72. The first kappa shape index (κ1) is 12.8. The van der Waals surface area contributed by atoms with E-state index in [-0.39, 0.29) is 0 Å². The summed E-state index contributed by atoms with van der Waals surface area (Å²) in [5, 5.41) is 0.460. The molecule has 0 bridgehead atoms. The second-order valence-electron chi connectivity index (χ2n) is 5.32. The summed E-state index contributed by atoms with van der Waals surface area (Å²) in [7, 11) is 0. The summed E-state index contributed by atoms with van der Waals surface area (Å²) < 4.78 is 0. The van der Waals surface area contributed by atoms with Gasteiger partial charge in [0.1, 0.15) is 5.15 Å². The van der Waals surface area contributed by atoms with Crippen molar-refractivity contribution < 1.29 is 0 Å². The Hall–Kier alpha value is -0.670. The molecule has 4 heteroatoms. The van der Waals surface area contributed by atoms with Gasteiger partial charge in [-0.15, -0.1) is 0 Å². The van der Waals surface area contributed by atoms with Crippen LogP contribution >= 0.6 is 11.6 Å². The van der Waals surface area contributed by atoms with Crippen LogP contribution in [0.15, 0.2) is 12.4 Å². The van der Waals surface area contributed by atoms with E-state index < -0.39 is 0 Å². The second kappa shape index (κ2) is 5.32. The number of hydrogen-bond acceptors (Lipinski definition) is 3. The van der Waals surface area contributed by atoms with Crippen LogP contribution in [0.5, 0.6) is 0 Å². The molecule has 94 valence electrons. The minimum Gasteiger partial charge on any atom is -0.294 e. The minimum atomic E-state index is 0.460. The summed E-state index contributed by atoms with van der Waals surface area (Å²) in [6, 6.07) is 0.615. The minimum absolute atomic E-state index is 0.460. The van der Waals surface area contributed by atoms with E-state index >= 15 is 0 Å². The molecule has 17 heavy (non-hydrogen) atoms. The molecule has 1 aromatic heterocycles. The smallest absolute Gasteiger partial charge is 0.147 e. The van der Waals surface area contributed by atoms with E-state index in [1.165, 1.54) is 6.42 Å². The molecule has 0 radical (unpaired) electrons. The highest BCUT2D eigenvalue weighted by atomic mass is 35.5. The number of nitrogens with zero attached hydrogens (tertiary/aromatic N) is 3. The van der Waals surface area contributed by atoms with Crippen LogP contribution in [0.1, 0.15) is 32.9 Å². The van der Waals surface area contributed by atoms with Crippen molar-refractivity contribution in [2.45, 2.75) is 39.8 Å². The van der Waals surface area contributed by atoms with Crippen LogP contribution in [-0.4, -0.2) is 27.5 Å². The number of hydrogen-bond donors (Lipinski definition) is 0. The molecule has 2 heterocycles. The number of piperidine rings is 1. The molecule has 1 fully saturated rings. The zero-order valence-corrected chi connectivity index (χ0v) is 11.5. The third-order valence-electron chi connectivity index (χ3n) is 3.76. The fourth-order valence-electron chi connectivity index (χ4n) is 2.67. The maximum absolute atomic E-state index is 5.74. The van der Waals surface area contributed by atoms with E-state index in [1.54, 1.807) is 12.4 Å². The second-order valence-corrected chi connectivity index (χ2v) is 5.71. The van der Waals surface area contributed by atoms with Crippen molar-refractivity contribution in [3.63, 3.8) is 0 Å². The van der Waals surface area contributed by atoms with Crippen LogP contribution in [0.25, 0.3) is 0 Å².